The number of hydrogen-bond acceptors (Lipinski definition) is 1. The molecular weight excluding hydrogens is 260 g/mol. The Labute approximate surface area is 125 Å². The Morgan fingerprint density at radius 1 is 1.15 bits per heavy atom. The van der Waals surface area contributed by atoms with E-state index in [4.69, 9.17) is 0 Å². The third-order valence-electron chi connectivity index (χ3n) is 4.37. The summed E-state index contributed by atoms with van der Waals surface area (Å²) in [4.78, 5) is 0. The fraction of sp³-hybridized carbons (Fsp3) is 0.556. The number of rotatable bonds is 9. The lowest BCUT2D eigenvalue weighted by atomic mass is 10.1. The zero-order valence-corrected chi connectivity index (χ0v) is 14.3. The molecule has 1 aromatic carbocycles. The molecule has 1 nitrogen and oxygen atoms in total. The van der Waals surface area contributed by atoms with Gasteiger partial charge in [0.15, 0.2) is 0 Å². The maximum Gasteiger partial charge on any atom is 0.0901 e. The minimum atomic E-state index is -1.71. The molecule has 1 aromatic rings. The van der Waals surface area contributed by atoms with Gasteiger partial charge < -0.3 is 5.11 Å². The zero-order valence-electron chi connectivity index (χ0n) is 13.3. The number of benzene rings is 1. The van der Waals surface area contributed by atoms with Crippen LogP contribution in [0, 0.1) is 0 Å². The average molecular weight is 291 g/mol. The van der Waals surface area contributed by atoms with Crippen LogP contribution in [-0.2, 0) is 0 Å². The lowest BCUT2D eigenvalue weighted by Gasteiger charge is -2.34. The van der Waals surface area contributed by atoms with Gasteiger partial charge in [-0.25, -0.2) is 0 Å². The lowest BCUT2D eigenvalue weighted by molar-refractivity contribution is 0.162. The molecule has 20 heavy (non-hydrogen) atoms. The summed E-state index contributed by atoms with van der Waals surface area (Å²) in [5, 5.41) is 12.0. The maximum atomic E-state index is 10.6. The molecule has 1 rings (SSSR count). The van der Waals surface area contributed by atoms with Crippen LogP contribution in [0.4, 0.5) is 0 Å². The second-order valence-corrected chi connectivity index (χ2v) is 11.0. The summed E-state index contributed by atoms with van der Waals surface area (Å²) >= 11 is 0. The summed E-state index contributed by atoms with van der Waals surface area (Å²) in [7, 11) is -1.71. The summed E-state index contributed by atoms with van der Waals surface area (Å²) in [5.41, 5.74) is 0.228. The molecule has 0 bridgehead atoms. The molecule has 112 valence electrons. The summed E-state index contributed by atoms with van der Waals surface area (Å²) in [6.45, 7) is 10.9. The van der Waals surface area contributed by atoms with E-state index in [1.165, 1.54) is 24.4 Å². The highest BCUT2D eigenvalue weighted by Crippen LogP contribution is 2.29. The van der Waals surface area contributed by atoms with E-state index in [2.05, 4.69) is 56.9 Å². The fourth-order valence-corrected chi connectivity index (χ4v) is 6.11. The minimum absolute atomic E-state index is 0.228. The van der Waals surface area contributed by atoms with Gasteiger partial charge in [-0.15, -0.1) is 6.58 Å². The Morgan fingerprint density at radius 2 is 1.80 bits per heavy atom. The van der Waals surface area contributed by atoms with Crippen LogP contribution in [0.2, 0.25) is 18.6 Å². The van der Waals surface area contributed by atoms with Crippen molar-refractivity contribution in [3.8, 4) is 0 Å². The monoisotopic (exact) mass is 290 g/mol. The Bertz CT molecular complexity index is 386. The second kappa shape index (κ2) is 8.43. The topological polar surface area (TPSA) is 20.2 Å². The van der Waals surface area contributed by atoms with Gasteiger partial charge in [-0.05, 0) is 6.42 Å². The van der Waals surface area contributed by atoms with Gasteiger partial charge in [-0.2, -0.15) is 0 Å². The predicted octanol–water partition coefficient (Wildman–Crippen LogP) is 4.49. The van der Waals surface area contributed by atoms with Crippen LogP contribution in [0.15, 0.2) is 43.0 Å². The standard InChI is InChI=1S/C18H30OSi/c1-5-7-8-12-15-17(19)18(6-2)20(3,4)16-13-10-9-11-14-16/h6,9-11,13-14,17-19H,2,5,7-8,12,15H2,1,3-4H3/t17-,18-/m0/s1. The van der Waals surface area contributed by atoms with Gasteiger partial charge >= 0.3 is 0 Å². The molecule has 0 spiro atoms. The Morgan fingerprint density at radius 3 is 2.35 bits per heavy atom. The Kier molecular flexibility index (Phi) is 7.24. The van der Waals surface area contributed by atoms with Crippen molar-refractivity contribution in [3.63, 3.8) is 0 Å². The van der Waals surface area contributed by atoms with Crippen LogP contribution in [-0.4, -0.2) is 19.3 Å². The second-order valence-electron chi connectivity index (χ2n) is 6.27. The first-order valence-electron chi connectivity index (χ1n) is 7.90. The molecule has 0 aliphatic rings. The van der Waals surface area contributed by atoms with E-state index in [1.807, 2.05) is 6.08 Å². The number of aliphatic hydroxyl groups excluding tert-OH is 1. The molecule has 0 amide bonds. The third kappa shape index (κ3) is 4.60. The van der Waals surface area contributed by atoms with Gasteiger partial charge in [-0.1, -0.05) is 87.3 Å². The molecule has 0 radical (unpaired) electrons. The van der Waals surface area contributed by atoms with Crippen LogP contribution in [0.25, 0.3) is 0 Å². The van der Waals surface area contributed by atoms with Crippen molar-refractivity contribution in [1.29, 1.82) is 0 Å². The van der Waals surface area contributed by atoms with E-state index in [0.29, 0.717) is 0 Å². The smallest absolute Gasteiger partial charge is 0.0901 e. The van der Waals surface area contributed by atoms with Crippen LogP contribution in [0.3, 0.4) is 0 Å². The largest absolute Gasteiger partial charge is 0.393 e. The van der Waals surface area contributed by atoms with Crippen molar-refractivity contribution >= 4 is 13.3 Å². The van der Waals surface area contributed by atoms with Crippen LogP contribution < -0.4 is 5.19 Å². The summed E-state index contributed by atoms with van der Waals surface area (Å²) in [6, 6.07) is 10.6. The number of aliphatic hydroxyl groups is 1. The van der Waals surface area contributed by atoms with Crippen molar-refractivity contribution in [1.82, 2.24) is 0 Å². The van der Waals surface area contributed by atoms with Gasteiger partial charge in [0.1, 0.15) is 0 Å². The van der Waals surface area contributed by atoms with Crippen LogP contribution >= 0.6 is 0 Å². The average Bonchev–Trinajstić information content (AvgIpc) is 2.45. The first-order valence-corrected chi connectivity index (χ1v) is 11.0. The maximum absolute atomic E-state index is 10.6. The van der Waals surface area contributed by atoms with Crippen molar-refractivity contribution in [2.24, 2.45) is 0 Å². The van der Waals surface area contributed by atoms with Crippen molar-refractivity contribution in [2.45, 2.75) is 63.8 Å². The molecule has 0 aliphatic heterocycles. The normalized spacial score (nSPS) is 14.8. The molecule has 0 aliphatic carbocycles. The van der Waals surface area contributed by atoms with Crippen molar-refractivity contribution in [3.05, 3.63) is 43.0 Å². The van der Waals surface area contributed by atoms with E-state index in [1.54, 1.807) is 0 Å². The van der Waals surface area contributed by atoms with Crippen LogP contribution in [0.1, 0.15) is 39.0 Å². The first kappa shape index (κ1) is 17.2. The summed E-state index contributed by atoms with van der Waals surface area (Å²) in [6.07, 6.45) is 7.51. The van der Waals surface area contributed by atoms with Crippen molar-refractivity contribution < 1.29 is 5.11 Å². The number of unbranched alkanes of at least 4 members (excludes halogenated alkanes) is 3. The van der Waals surface area contributed by atoms with Crippen molar-refractivity contribution in [2.75, 3.05) is 0 Å². The molecule has 0 unspecified atom stereocenters. The molecule has 0 fully saturated rings. The summed E-state index contributed by atoms with van der Waals surface area (Å²) in [5.74, 6) is 0. The highest BCUT2D eigenvalue weighted by atomic mass is 28.3. The molecule has 1 N–H and O–H groups in total. The first-order chi connectivity index (χ1) is 9.54. The van der Waals surface area contributed by atoms with Gasteiger partial charge in [0, 0.05) is 5.54 Å². The van der Waals surface area contributed by atoms with Gasteiger partial charge in [0.25, 0.3) is 0 Å². The van der Waals surface area contributed by atoms with E-state index in [-0.39, 0.29) is 11.6 Å². The van der Waals surface area contributed by atoms with Gasteiger partial charge in [0.05, 0.1) is 14.2 Å². The zero-order chi connectivity index (χ0) is 15.0. The highest BCUT2D eigenvalue weighted by molar-refractivity contribution is 6.91. The number of hydrogen-bond donors (Lipinski definition) is 1. The molecule has 0 heterocycles. The van der Waals surface area contributed by atoms with E-state index in [0.717, 1.165) is 12.8 Å². The summed E-state index contributed by atoms with van der Waals surface area (Å²) < 4.78 is 0. The Balaban J connectivity index is 2.71. The molecule has 2 heteroatoms. The van der Waals surface area contributed by atoms with Gasteiger partial charge in [0.2, 0.25) is 0 Å². The highest BCUT2D eigenvalue weighted by Gasteiger charge is 2.35. The van der Waals surface area contributed by atoms with E-state index < -0.39 is 8.07 Å². The predicted molar refractivity (Wildman–Crippen MR) is 92.3 cm³/mol. The van der Waals surface area contributed by atoms with E-state index in [9.17, 15) is 5.11 Å². The SMILES string of the molecule is C=C[C@@H]([C@@H](O)CCCCCC)[Si](C)(C)c1ccccc1. The molecule has 0 aromatic heterocycles. The molecule has 0 saturated heterocycles. The molecular formula is C18H30OSi. The Hall–Kier alpha value is -0.863. The van der Waals surface area contributed by atoms with Crippen LogP contribution in [0.5, 0.6) is 0 Å². The molecule has 2 atom stereocenters. The fourth-order valence-electron chi connectivity index (χ4n) is 2.95. The third-order valence-corrected chi connectivity index (χ3v) is 8.48. The minimum Gasteiger partial charge on any atom is -0.393 e. The van der Waals surface area contributed by atoms with Gasteiger partial charge in [-0.3, -0.25) is 0 Å². The van der Waals surface area contributed by atoms with E-state index >= 15 is 0 Å². The molecule has 0 saturated carbocycles. The lowest BCUT2D eigenvalue weighted by Crippen LogP contribution is -2.49. The quantitative estimate of drug-likeness (QED) is 0.403.